The predicted molar refractivity (Wildman–Crippen MR) is 84.1 cm³/mol. The molecule has 1 aliphatic carbocycles. The van der Waals surface area contributed by atoms with Crippen LogP contribution in [0.1, 0.15) is 11.5 Å². The molecule has 22 heavy (non-hydrogen) atoms. The molecule has 0 amide bonds. The topological polar surface area (TPSA) is 83.9 Å². The lowest BCUT2D eigenvalue weighted by molar-refractivity contribution is 0.592. The lowest BCUT2D eigenvalue weighted by Gasteiger charge is -2.04. The van der Waals surface area contributed by atoms with Crippen LogP contribution < -0.4 is 5.73 Å². The highest BCUT2D eigenvalue weighted by atomic mass is 35.5. The summed E-state index contributed by atoms with van der Waals surface area (Å²) in [4.78, 5) is 0.176. The van der Waals surface area contributed by atoms with Gasteiger partial charge in [-0.15, -0.1) is 0 Å². The molecule has 112 valence electrons. The van der Waals surface area contributed by atoms with E-state index >= 15 is 0 Å². The minimum atomic E-state index is -3.69. The molecule has 0 aliphatic heterocycles. The fourth-order valence-corrected chi connectivity index (χ4v) is 5.25. The number of hydrogen-bond donors (Lipinski definition) is 1. The molecule has 0 saturated heterocycles. The smallest absolute Gasteiger partial charge is 0.184 e. The molecule has 2 aromatic carbocycles. The Bertz CT molecular complexity index is 861. The van der Waals surface area contributed by atoms with E-state index in [9.17, 15) is 13.7 Å². The molecule has 4 nitrogen and oxygen atoms in total. The van der Waals surface area contributed by atoms with Gasteiger partial charge in [-0.1, -0.05) is 41.9 Å². The third kappa shape index (κ3) is 2.20. The van der Waals surface area contributed by atoms with E-state index in [0.717, 1.165) is 0 Å². The molecule has 0 unspecified atom stereocenters. The molecular formula is C16H13ClN2O2S. The fraction of sp³-hybridized carbons (Fsp3) is 0.188. The van der Waals surface area contributed by atoms with E-state index in [4.69, 9.17) is 17.3 Å². The van der Waals surface area contributed by atoms with Crippen molar-refractivity contribution < 1.29 is 8.42 Å². The Hall–Kier alpha value is -1.87. The van der Waals surface area contributed by atoms with E-state index in [0.29, 0.717) is 10.6 Å². The van der Waals surface area contributed by atoms with Gasteiger partial charge in [-0.05, 0) is 29.8 Å². The number of sulfone groups is 1. The average molecular weight is 333 g/mol. The van der Waals surface area contributed by atoms with Crippen LogP contribution in [0.4, 0.5) is 0 Å². The van der Waals surface area contributed by atoms with Crippen molar-refractivity contribution in [3.63, 3.8) is 0 Å². The number of hydrogen-bond acceptors (Lipinski definition) is 4. The van der Waals surface area contributed by atoms with Gasteiger partial charge in [0.25, 0.3) is 0 Å². The predicted octanol–water partition coefficient (Wildman–Crippen LogP) is 2.50. The Morgan fingerprint density at radius 3 is 2.41 bits per heavy atom. The molecule has 0 aromatic heterocycles. The van der Waals surface area contributed by atoms with E-state index in [-0.39, 0.29) is 4.90 Å². The summed E-state index contributed by atoms with van der Waals surface area (Å²) in [6, 6.07) is 16.8. The van der Waals surface area contributed by atoms with Crippen LogP contribution in [0, 0.1) is 11.3 Å². The summed E-state index contributed by atoms with van der Waals surface area (Å²) in [7, 11) is -3.69. The quantitative estimate of drug-likeness (QED) is 0.936. The Kier molecular flexibility index (Phi) is 3.48. The normalized spacial score (nSPS) is 27.1. The summed E-state index contributed by atoms with van der Waals surface area (Å²) in [6.07, 6.45) is 0. The maximum Gasteiger partial charge on any atom is 0.184 e. The molecule has 0 radical (unpaired) electrons. The van der Waals surface area contributed by atoms with Gasteiger partial charge in [-0.2, -0.15) is 5.26 Å². The first-order chi connectivity index (χ1) is 10.4. The minimum absolute atomic E-state index is 0.176. The Labute approximate surface area is 134 Å². The van der Waals surface area contributed by atoms with Crippen molar-refractivity contribution in [2.45, 2.75) is 21.6 Å². The van der Waals surface area contributed by atoms with Crippen molar-refractivity contribution in [1.82, 2.24) is 0 Å². The molecule has 0 heterocycles. The van der Waals surface area contributed by atoms with Crippen LogP contribution in [-0.4, -0.2) is 19.2 Å². The van der Waals surface area contributed by atoms with Crippen LogP contribution >= 0.6 is 11.6 Å². The highest BCUT2D eigenvalue weighted by Gasteiger charge is 2.70. The van der Waals surface area contributed by atoms with E-state index in [1.165, 1.54) is 12.1 Å². The summed E-state index contributed by atoms with van der Waals surface area (Å²) in [5, 5.41) is 8.89. The van der Waals surface area contributed by atoms with Crippen LogP contribution in [0.25, 0.3) is 0 Å². The number of nitriles is 1. The van der Waals surface area contributed by atoms with Gasteiger partial charge in [-0.3, -0.25) is 0 Å². The molecule has 0 bridgehead atoms. The molecular weight excluding hydrogens is 320 g/mol. The van der Waals surface area contributed by atoms with Crippen molar-refractivity contribution in [2.75, 3.05) is 0 Å². The van der Waals surface area contributed by atoms with Crippen LogP contribution in [0.3, 0.4) is 0 Å². The average Bonchev–Trinajstić information content (AvgIpc) is 3.16. The van der Waals surface area contributed by atoms with Gasteiger partial charge < -0.3 is 5.73 Å². The third-order valence-corrected chi connectivity index (χ3v) is 6.48. The van der Waals surface area contributed by atoms with Crippen molar-refractivity contribution in [2.24, 2.45) is 5.73 Å². The van der Waals surface area contributed by atoms with E-state index in [1.54, 1.807) is 42.5 Å². The van der Waals surface area contributed by atoms with Crippen LogP contribution in [0.5, 0.6) is 0 Å². The Morgan fingerprint density at radius 2 is 1.82 bits per heavy atom. The summed E-state index contributed by atoms with van der Waals surface area (Å²) >= 11 is 5.96. The maximum absolute atomic E-state index is 12.8. The third-order valence-electron chi connectivity index (χ3n) is 3.99. The number of halogens is 1. The number of nitrogens with two attached hydrogens (primary N) is 1. The molecule has 2 N–H and O–H groups in total. The first-order valence-corrected chi connectivity index (χ1v) is 8.58. The zero-order valence-electron chi connectivity index (χ0n) is 11.5. The second kappa shape index (κ2) is 5.10. The summed E-state index contributed by atoms with van der Waals surface area (Å²) in [5.41, 5.74) is 5.29. The van der Waals surface area contributed by atoms with Crippen molar-refractivity contribution in [3.8, 4) is 6.07 Å². The highest BCUT2D eigenvalue weighted by molar-refractivity contribution is 7.92. The molecule has 1 fully saturated rings. The van der Waals surface area contributed by atoms with Crippen LogP contribution in [0.2, 0.25) is 5.02 Å². The van der Waals surface area contributed by atoms with E-state index in [1.807, 2.05) is 6.07 Å². The minimum Gasteiger partial charge on any atom is -0.312 e. The largest absolute Gasteiger partial charge is 0.312 e. The van der Waals surface area contributed by atoms with Crippen molar-refractivity contribution >= 4 is 21.4 Å². The molecule has 3 rings (SSSR count). The van der Waals surface area contributed by atoms with Gasteiger partial charge in [-0.25, -0.2) is 8.42 Å². The molecule has 6 heteroatoms. The SMILES string of the molecule is N#C[C@@]1(N)[C@H](S(=O)(=O)c2ccccc2)[C@@H]1c1cccc(Cl)c1. The summed E-state index contributed by atoms with van der Waals surface area (Å²) in [5.74, 6) is -0.582. The lowest BCUT2D eigenvalue weighted by Crippen LogP contribution is -2.29. The molecule has 3 atom stereocenters. The second-order valence-electron chi connectivity index (χ2n) is 5.36. The van der Waals surface area contributed by atoms with Gasteiger partial charge >= 0.3 is 0 Å². The van der Waals surface area contributed by atoms with Crippen LogP contribution in [-0.2, 0) is 9.84 Å². The van der Waals surface area contributed by atoms with Gasteiger partial charge in [0.1, 0.15) is 10.8 Å². The molecule has 1 saturated carbocycles. The second-order valence-corrected chi connectivity index (χ2v) is 7.86. The zero-order valence-corrected chi connectivity index (χ0v) is 13.1. The van der Waals surface area contributed by atoms with Gasteiger partial charge in [0.15, 0.2) is 9.84 Å². The van der Waals surface area contributed by atoms with Gasteiger partial charge in [0, 0.05) is 10.9 Å². The number of benzene rings is 2. The first kappa shape index (κ1) is 15.0. The molecule has 1 aliphatic rings. The van der Waals surface area contributed by atoms with E-state index in [2.05, 4.69) is 0 Å². The molecule has 2 aromatic rings. The fourth-order valence-electron chi connectivity index (χ4n) is 2.85. The monoisotopic (exact) mass is 332 g/mol. The lowest BCUT2D eigenvalue weighted by atomic mass is 10.1. The van der Waals surface area contributed by atoms with Crippen molar-refractivity contribution in [1.29, 1.82) is 5.26 Å². The first-order valence-electron chi connectivity index (χ1n) is 6.66. The number of rotatable bonds is 3. The highest BCUT2D eigenvalue weighted by Crippen LogP contribution is 2.55. The summed E-state index contributed by atoms with van der Waals surface area (Å²) < 4.78 is 25.5. The van der Waals surface area contributed by atoms with Crippen molar-refractivity contribution in [3.05, 3.63) is 65.2 Å². The standard InChI is InChI=1S/C16H13ClN2O2S/c17-12-6-4-5-11(9-12)14-15(16(14,19)10-18)22(20,21)13-7-2-1-3-8-13/h1-9,14-15H,19H2/t14-,15+,16-/m0/s1. The van der Waals surface area contributed by atoms with Crippen LogP contribution in [0.15, 0.2) is 59.5 Å². The Balaban J connectivity index is 2.06. The zero-order chi connectivity index (χ0) is 16.0. The van der Waals surface area contributed by atoms with E-state index < -0.39 is 26.5 Å². The maximum atomic E-state index is 12.8. The van der Waals surface area contributed by atoms with Gasteiger partial charge in [0.05, 0.1) is 11.0 Å². The Morgan fingerprint density at radius 1 is 1.14 bits per heavy atom. The van der Waals surface area contributed by atoms with Gasteiger partial charge in [0.2, 0.25) is 0 Å². The number of nitrogens with zero attached hydrogens (tertiary/aromatic N) is 1. The molecule has 0 spiro atoms. The summed E-state index contributed by atoms with van der Waals surface area (Å²) in [6.45, 7) is 0.